The molecule has 0 saturated carbocycles. The van der Waals surface area contributed by atoms with Gasteiger partial charge in [0.25, 0.3) is 11.1 Å². The summed E-state index contributed by atoms with van der Waals surface area (Å²) in [6, 6.07) is 11.7. The standard InChI is InChI=1S/C16H11ClN4OS/c17-14-6-5-10(7-19-14)9-23-16-21-20-15(22-16)12-8-18-13-4-2-1-3-11(12)13/h1-8,18H,9H2. The smallest absolute Gasteiger partial charge is 0.277 e. The average molecular weight is 343 g/mol. The zero-order valence-corrected chi connectivity index (χ0v) is 13.4. The topological polar surface area (TPSA) is 67.6 Å². The van der Waals surface area contributed by atoms with Crippen LogP contribution in [0.5, 0.6) is 0 Å². The summed E-state index contributed by atoms with van der Waals surface area (Å²) in [6.45, 7) is 0. The van der Waals surface area contributed by atoms with Gasteiger partial charge in [-0.1, -0.05) is 47.6 Å². The molecule has 0 aliphatic carbocycles. The zero-order chi connectivity index (χ0) is 15.6. The molecular formula is C16H11ClN4OS. The van der Waals surface area contributed by atoms with Gasteiger partial charge in [0.2, 0.25) is 0 Å². The van der Waals surface area contributed by atoms with Crippen LogP contribution in [0.3, 0.4) is 0 Å². The van der Waals surface area contributed by atoms with Gasteiger partial charge in [-0.05, 0) is 17.7 Å². The first-order valence-electron chi connectivity index (χ1n) is 6.93. The third-order valence-electron chi connectivity index (χ3n) is 3.38. The first-order valence-corrected chi connectivity index (χ1v) is 8.29. The van der Waals surface area contributed by atoms with Gasteiger partial charge in [0.1, 0.15) is 5.15 Å². The van der Waals surface area contributed by atoms with Gasteiger partial charge >= 0.3 is 0 Å². The molecule has 3 heterocycles. The number of aromatic nitrogens is 4. The molecule has 1 N–H and O–H groups in total. The van der Waals surface area contributed by atoms with Crippen LogP contribution in [0.25, 0.3) is 22.4 Å². The minimum absolute atomic E-state index is 0.484. The lowest BCUT2D eigenvalue weighted by Crippen LogP contribution is -1.83. The quantitative estimate of drug-likeness (QED) is 0.435. The van der Waals surface area contributed by atoms with E-state index < -0.39 is 0 Å². The summed E-state index contributed by atoms with van der Waals surface area (Å²) in [6.07, 6.45) is 3.63. The molecule has 0 atom stereocenters. The minimum atomic E-state index is 0.484. The van der Waals surface area contributed by atoms with Gasteiger partial charge in [-0.3, -0.25) is 0 Å². The third-order valence-corrected chi connectivity index (χ3v) is 4.49. The largest absolute Gasteiger partial charge is 0.411 e. The van der Waals surface area contributed by atoms with E-state index in [4.69, 9.17) is 16.0 Å². The predicted molar refractivity (Wildman–Crippen MR) is 90.4 cm³/mol. The van der Waals surface area contributed by atoms with Gasteiger partial charge < -0.3 is 9.40 Å². The van der Waals surface area contributed by atoms with E-state index in [2.05, 4.69) is 20.2 Å². The lowest BCUT2D eigenvalue weighted by molar-refractivity contribution is 0.466. The summed E-state index contributed by atoms with van der Waals surface area (Å²) in [7, 11) is 0. The van der Waals surface area contributed by atoms with Crippen LogP contribution in [0.1, 0.15) is 5.56 Å². The molecule has 1 aromatic carbocycles. The van der Waals surface area contributed by atoms with Crippen molar-refractivity contribution in [2.45, 2.75) is 11.0 Å². The lowest BCUT2D eigenvalue weighted by atomic mass is 10.2. The average Bonchev–Trinajstić information content (AvgIpc) is 3.20. The third kappa shape index (κ3) is 2.95. The molecule has 0 fully saturated rings. The number of nitrogens with one attached hydrogen (secondary N) is 1. The van der Waals surface area contributed by atoms with E-state index in [1.165, 1.54) is 11.8 Å². The van der Waals surface area contributed by atoms with E-state index in [-0.39, 0.29) is 0 Å². The molecule has 4 aromatic rings. The van der Waals surface area contributed by atoms with Crippen LogP contribution in [0.2, 0.25) is 5.15 Å². The van der Waals surface area contributed by atoms with E-state index in [0.29, 0.717) is 22.0 Å². The van der Waals surface area contributed by atoms with Crippen LogP contribution in [0, 0.1) is 0 Å². The number of fused-ring (bicyclic) bond motifs is 1. The first kappa shape index (κ1) is 14.3. The van der Waals surface area contributed by atoms with Gasteiger partial charge in [0.05, 0.1) is 5.56 Å². The molecule has 0 aliphatic rings. The summed E-state index contributed by atoms with van der Waals surface area (Å²) in [5.41, 5.74) is 3.00. The summed E-state index contributed by atoms with van der Waals surface area (Å²) in [4.78, 5) is 7.26. The van der Waals surface area contributed by atoms with Gasteiger partial charge in [0, 0.05) is 29.0 Å². The van der Waals surface area contributed by atoms with Crippen molar-refractivity contribution in [2.75, 3.05) is 0 Å². The molecule has 7 heteroatoms. The Bertz CT molecular complexity index is 948. The predicted octanol–water partition coefficient (Wildman–Crippen LogP) is 4.56. The Morgan fingerprint density at radius 2 is 2.04 bits per heavy atom. The van der Waals surface area contributed by atoms with Gasteiger partial charge in [-0.25, -0.2) is 4.98 Å². The number of nitrogens with zero attached hydrogens (tertiary/aromatic N) is 3. The second kappa shape index (κ2) is 6.06. The fourth-order valence-corrected chi connectivity index (χ4v) is 3.07. The van der Waals surface area contributed by atoms with Crippen molar-refractivity contribution in [3.8, 4) is 11.5 Å². The highest BCUT2D eigenvalue weighted by molar-refractivity contribution is 7.98. The molecule has 0 saturated heterocycles. The molecule has 0 unspecified atom stereocenters. The SMILES string of the molecule is Clc1ccc(CSc2nnc(-c3c[nH]c4ccccc34)o2)cn1. The molecule has 0 amide bonds. The first-order chi connectivity index (χ1) is 11.3. The highest BCUT2D eigenvalue weighted by atomic mass is 35.5. The maximum absolute atomic E-state index is 5.78. The van der Waals surface area contributed by atoms with E-state index >= 15 is 0 Å². The van der Waals surface area contributed by atoms with Crippen molar-refractivity contribution in [3.05, 3.63) is 59.5 Å². The molecule has 0 aliphatic heterocycles. The molecule has 0 bridgehead atoms. The Hall–Kier alpha value is -2.31. The Morgan fingerprint density at radius 1 is 1.13 bits per heavy atom. The van der Waals surface area contributed by atoms with Crippen LogP contribution in [0.15, 0.2) is 58.4 Å². The van der Waals surface area contributed by atoms with E-state index in [1.807, 2.05) is 36.5 Å². The highest BCUT2D eigenvalue weighted by Crippen LogP contribution is 2.30. The van der Waals surface area contributed by atoms with Crippen molar-refractivity contribution in [3.63, 3.8) is 0 Å². The maximum atomic E-state index is 5.78. The Balaban J connectivity index is 1.53. The lowest BCUT2D eigenvalue weighted by Gasteiger charge is -1.97. The van der Waals surface area contributed by atoms with E-state index in [1.54, 1.807) is 12.3 Å². The van der Waals surface area contributed by atoms with Crippen molar-refractivity contribution in [2.24, 2.45) is 0 Å². The molecule has 4 rings (SSSR count). The van der Waals surface area contributed by atoms with Crippen LogP contribution in [-0.2, 0) is 5.75 Å². The molecular weight excluding hydrogens is 332 g/mol. The molecule has 0 spiro atoms. The number of benzene rings is 1. The summed E-state index contributed by atoms with van der Waals surface area (Å²) in [5, 5.41) is 10.3. The van der Waals surface area contributed by atoms with Crippen LogP contribution >= 0.6 is 23.4 Å². The van der Waals surface area contributed by atoms with Crippen molar-refractivity contribution in [1.82, 2.24) is 20.2 Å². The summed E-state index contributed by atoms with van der Waals surface area (Å²) >= 11 is 7.24. The summed E-state index contributed by atoms with van der Waals surface area (Å²) in [5.74, 6) is 1.21. The number of rotatable bonds is 4. The summed E-state index contributed by atoms with van der Waals surface area (Å²) < 4.78 is 5.76. The maximum Gasteiger partial charge on any atom is 0.277 e. The number of thioether (sulfide) groups is 1. The normalized spacial score (nSPS) is 11.2. The number of pyridine rings is 1. The van der Waals surface area contributed by atoms with Gasteiger partial charge in [-0.2, -0.15) is 0 Å². The molecule has 3 aromatic heterocycles. The van der Waals surface area contributed by atoms with Crippen molar-refractivity contribution >= 4 is 34.3 Å². The fraction of sp³-hybridized carbons (Fsp3) is 0.0625. The molecule has 114 valence electrons. The monoisotopic (exact) mass is 342 g/mol. The molecule has 0 radical (unpaired) electrons. The van der Waals surface area contributed by atoms with Crippen molar-refractivity contribution < 1.29 is 4.42 Å². The van der Waals surface area contributed by atoms with Gasteiger partial charge in [0.15, 0.2) is 0 Å². The Kier molecular flexibility index (Phi) is 3.77. The number of hydrogen-bond acceptors (Lipinski definition) is 5. The number of aromatic amines is 1. The van der Waals surface area contributed by atoms with Crippen LogP contribution in [-0.4, -0.2) is 20.2 Å². The minimum Gasteiger partial charge on any atom is -0.411 e. The van der Waals surface area contributed by atoms with Crippen LogP contribution < -0.4 is 0 Å². The van der Waals surface area contributed by atoms with E-state index in [9.17, 15) is 0 Å². The van der Waals surface area contributed by atoms with Gasteiger partial charge in [-0.15, -0.1) is 10.2 Å². The van der Waals surface area contributed by atoms with Crippen molar-refractivity contribution in [1.29, 1.82) is 0 Å². The molecule has 23 heavy (non-hydrogen) atoms. The zero-order valence-electron chi connectivity index (χ0n) is 11.9. The molecule has 5 nitrogen and oxygen atoms in total. The number of H-pyrrole nitrogens is 1. The number of halogens is 1. The number of para-hydroxylation sites is 1. The van der Waals surface area contributed by atoms with Crippen LogP contribution in [0.4, 0.5) is 0 Å². The second-order valence-corrected chi connectivity index (χ2v) is 6.21. The Labute approximate surface area is 141 Å². The Morgan fingerprint density at radius 3 is 2.91 bits per heavy atom. The number of hydrogen-bond donors (Lipinski definition) is 1. The van der Waals surface area contributed by atoms with E-state index in [0.717, 1.165) is 22.0 Å². The fourth-order valence-electron chi connectivity index (χ4n) is 2.26. The second-order valence-electron chi connectivity index (χ2n) is 4.90. The highest BCUT2D eigenvalue weighted by Gasteiger charge is 2.13.